The molecule has 1 N–H and O–H groups in total. The van der Waals surface area contributed by atoms with Gasteiger partial charge in [-0.1, -0.05) is 34.1 Å². The van der Waals surface area contributed by atoms with Crippen molar-refractivity contribution in [1.82, 2.24) is 4.98 Å². The van der Waals surface area contributed by atoms with E-state index in [0.29, 0.717) is 16.6 Å². The molecule has 0 saturated heterocycles. The summed E-state index contributed by atoms with van der Waals surface area (Å²) in [7, 11) is 1.58. The molecule has 26 heavy (non-hydrogen) atoms. The number of nitrogens with one attached hydrogen (secondary N) is 1. The van der Waals surface area contributed by atoms with E-state index in [2.05, 4.69) is 26.2 Å². The second-order valence-electron chi connectivity index (χ2n) is 5.45. The van der Waals surface area contributed by atoms with Gasteiger partial charge in [0.15, 0.2) is 11.7 Å². The number of amides is 1. The van der Waals surface area contributed by atoms with Gasteiger partial charge in [-0.15, -0.1) is 11.3 Å². The van der Waals surface area contributed by atoms with Crippen LogP contribution in [0.2, 0.25) is 0 Å². The lowest BCUT2D eigenvalue weighted by atomic mass is 10.1. The van der Waals surface area contributed by atoms with Crippen LogP contribution in [-0.4, -0.2) is 24.6 Å². The van der Waals surface area contributed by atoms with Crippen molar-refractivity contribution >= 4 is 38.3 Å². The van der Waals surface area contributed by atoms with Gasteiger partial charge in [0.1, 0.15) is 11.5 Å². The molecule has 0 spiro atoms. The molecule has 0 fully saturated rings. The number of anilines is 1. The van der Waals surface area contributed by atoms with E-state index < -0.39 is 0 Å². The highest BCUT2D eigenvalue weighted by Crippen LogP contribution is 2.31. The highest BCUT2D eigenvalue weighted by molar-refractivity contribution is 9.10. The van der Waals surface area contributed by atoms with Gasteiger partial charge in [0.25, 0.3) is 5.91 Å². The zero-order valence-corrected chi connectivity index (χ0v) is 16.7. The molecule has 0 radical (unpaired) electrons. The summed E-state index contributed by atoms with van der Waals surface area (Å²) in [5, 5.41) is 3.34. The number of aryl methyl sites for hydroxylation is 1. The number of nitrogens with zero attached hydrogens (tertiary/aromatic N) is 1. The second-order valence-corrected chi connectivity index (χ2v) is 7.57. The smallest absolute Gasteiger partial charge is 0.264 e. The number of benzene rings is 2. The van der Waals surface area contributed by atoms with Crippen molar-refractivity contribution in [2.75, 3.05) is 19.0 Å². The molecule has 1 heterocycles. The van der Waals surface area contributed by atoms with Gasteiger partial charge in [0, 0.05) is 21.0 Å². The van der Waals surface area contributed by atoms with Gasteiger partial charge < -0.3 is 9.47 Å². The predicted octanol–water partition coefficient (Wildman–Crippen LogP) is 4.91. The Bertz CT molecular complexity index is 909. The molecule has 3 aromatic rings. The number of thiazole rings is 1. The van der Waals surface area contributed by atoms with E-state index in [9.17, 15) is 4.79 Å². The minimum Gasteiger partial charge on any atom is -0.497 e. The lowest BCUT2D eigenvalue weighted by Crippen LogP contribution is -2.20. The number of carbonyl (C=O) groups is 1. The Kier molecular flexibility index (Phi) is 5.90. The molecule has 0 aliphatic rings. The summed E-state index contributed by atoms with van der Waals surface area (Å²) in [5.74, 6) is 0.992. The van der Waals surface area contributed by atoms with Crippen LogP contribution in [0.3, 0.4) is 0 Å². The first-order chi connectivity index (χ1) is 12.5. The maximum Gasteiger partial charge on any atom is 0.264 e. The van der Waals surface area contributed by atoms with Gasteiger partial charge >= 0.3 is 0 Å². The topological polar surface area (TPSA) is 60.5 Å². The number of aromatic nitrogens is 1. The summed E-state index contributed by atoms with van der Waals surface area (Å²) in [4.78, 5) is 17.7. The van der Waals surface area contributed by atoms with E-state index >= 15 is 0 Å². The standard InChI is InChI=1S/C19H17BrN2O3S/c1-12-18(13-6-8-14(20)9-7-13)22-19(26-12)21-17(23)11-25-16-5-3-4-15(10-16)24-2/h3-10H,11H2,1-2H3,(H,21,22,23). The molecule has 0 atom stereocenters. The lowest BCUT2D eigenvalue weighted by molar-refractivity contribution is -0.118. The van der Waals surface area contributed by atoms with Crippen molar-refractivity contribution in [2.24, 2.45) is 0 Å². The van der Waals surface area contributed by atoms with E-state index in [0.717, 1.165) is 20.6 Å². The molecule has 0 saturated carbocycles. The maximum absolute atomic E-state index is 12.1. The van der Waals surface area contributed by atoms with Crippen LogP contribution in [0.5, 0.6) is 11.5 Å². The molecule has 2 aromatic carbocycles. The van der Waals surface area contributed by atoms with Crippen LogP contribution < -0.4 is 14.8 Å². The summed E-state index contributed by atoms with van der Waals surface area (Å²) in [6, 6.07) is 15.0. The van der Waals surface area contributed by atoms with Gasteiger partial charge in [-0.05, 0) is 31.2 Å². The Morgan fingerprint density at radius 2 is 1.92 bits per heavy atom. The molecule has 1 aromatic heterocycles. The first kappa shape index (κ1) is 18.4. The fourth-order valence-corrected chi connectivity index (χ4v) is 3.44. The van der Waals surface area contributed by atoms with E-state index in [-0.39, 0.29) is 12.5 Å². The number of hydrogen-bond donors (Lipinski definition) is 1. The fraction of sp³-hybridized carbons (Fsp3) is 0.158. The average molecular weight is 433 g/mol. The SMILES string of the molecule is COc1cccc(OCC(=O)Nc2nc(-c3ccc(Br)cc3)c(C)s2)c1. The zero-order valence-electron chi connectivity index (χ0n) is 14.3. The Labute approximate surface area is 164 Å². The summed E-state index contributed by atoms with van der Waals surface area (Å²) < 4.78 is 11.6. The molecule has 1 amide bonds. The Balaban J connectivity index is 1.62. The molecule has 0 aliphatic heterocycles. The van der Waals surface area contributed by atoms with Gasteiger partial charge in [0.2, 0.25) is 0 Å². The van der Waals surface area contributed by atoms with E-state index in [1.54, 1.807) is 25.3 Å². The third kappa shape index (κ3) is 4.62. The fourth-order valence-electron chi connectivity index (χ4n) is 2.32. The second kappa shape index (κ2) is 8.33. The molecule has 0 unspecified atom stereocenters. The monoisotopic (exact) mass is 432 g/mol. The molecule has 7 heteroatoms. The average Bonchev–Trinajstić information content (AvgIpc) is 3.01. The number of hydrogen-bond acceptors (Lipinski definition) is 5. The van der Waals surface area contributed by atoms with Crippen molar-refractivity contribution in [3.63, 3.8) is 0 Å². The Morgan fingerprint density at radius 1 is 1.19 bits per heavy atom. The van der Waals surface area contributed by atoms with Crippen molar-refractivity contribution in [3.05, 3.63) is 57.9 Å². The number of carbonyl (C=O) groups excluding carboxylic acids is 1. The van der Waals surface area contributed by atoms with Crippen LogP contribution in [0, 0.1) is 6.92 Å². The van der Waals surface area contributed by atoms with E-state index in [1.165, 1.54) is 11.3 Å². The van der Waals surface area contributed by atoms with E-state index in [4.69, 9.17) is 9.47 Å². The molecule has 5 nitrogen and oxygen atoms in total. The van der Waals surface area contributed by atoms with Crippen molar-refractivity contribution < 1.29 is 14.3 Å². The summed E-state index contributed by atoms with van der Waals surface area (Å²) in [5.41, 5.74) is 1.88. The first-order valence-electron chi connectivity index (χ1n) is 7.85. The van der Waals surface area contributed by atoms with Crippen LogP contribution in [0.1, 0.15) is 4.88 Å². The highest BCUT2D eigenvalue weighted by atomic mass is 79.9. The van der Waals surface area contributed by atoms with Crippen LogP contribution in [-0.2, 0) is 4.79 Å². The third-order valence-electron chi connectivity index (χ3n) is 3.57. The van der Waals surface area contributed by atoms with Crippen LogP contribution in [0.15, 0.2) is 53.0 Å². The van der Waals surface area contributed by atoms with Crippen molar-refractivity contribution in [3.8, 4) is 22.8 Å². The molecular weight excluding hydrogens is 416 g/mol. The van der Waals surface area contributed by atoms with Crippen LogP contribution in [0.4, 0.5) is 5.13 Å². The quantitative estimate of drug-likeness (QED) is 0.601. The Morgan fingerprint density at radius 3 is 2.65 bits per heavy atom. The Hall–Kier alpha value is -2.38. The normalized spacial score (nSPS) is 10.4. The van der Waals surface area contributed by atoms with Crippen LogP contribution >= 0.6 is 27.3 Å². The van der Waals surface area contributed by atoms with Gasteiger partial charge in [0.05, 0.1) is 12.8 Å². The maximum atomic E-state index is 12.1. The highest BCUT2D eigenvalue weighted by Gasteiger charge is 2.12. The molecule has 0 aliphatic carbocycles. The number of halogens is 1. The number of rotatable bonds is 6. The minimum atomic E-state index is -0.260. The van der Waals surface area contributed by atoms with Crippen molar-refractivity contribution in [2.45, 2.75) is 6.92 Å². The number of ether oxygens (including phenoxy) is 2. The zero-order chi connectivity index (χ0) is 18.5. The lowest BCUT2D eigenvalue weighted by Gasteiger charge is -2.07. The summed E-state index contributed by atoms with van der Waals surface area (Å²) in [6.45, 7) is 1.89. The minimum absolute atomic E-state index is 0.0978. The summed E-state index contributed by atoms with van der Waals surface area (Å²) in [6.07, 6.45) is 0. The van der Waals surface area contributed by atoms with Crippen molar-refractivity contribution in [1.29, 1.82) is 0 Å². The summed E-state index contributed by atoms with van der Waals surface area (Å²) >= 11 is 4.86. The van der Waals surface area contributed by atoms with Crippen LogP contribution in [0.25, 0.3) is 11.3 Å². The first-order valence-corrected chi connectivity index (χ1v) is 9.46. The van der Waals surface area contributed by atoms with Gasteiger partial charge in [-0.3, -0.25) is 10.1 Å². The van der Waals surface area contributed by atoms with E-state index in [1.807, 2.05) is 37.3 Å². The third-order valence-corrected chi connectivity index (χ3v) is 4.99. The molecular formula is C19H17BrN2O3S. The molecule has 0 bridgehead atoms. The van der Waals surface area contributed by atoms with Gasteiger partial charge in [-0.2, -0.15) is 0 Å². The van der Waals surface area contributed by atoms with Gasteiger partial charge in [-0.25, -0.2) is 4.98 Å². The molecule has 134 valence electrons. The largest absolute Gasteiger partial charge is 0.497 e. The molecule has 3 rings (SSSR count). The number of methoxy groups -OCH3 is 1. The predicted molar refractivity (Wildman–Crippen MR) is 107 cm³/mol.